The Morgan fingerprint density at radius 1 is 1.20 bits per heavy atom. The predicted molar refractivity (Wildman–Crippen MR) is 115 cm³/mol. The molecule has 1 aliphatic rings. The van der Waals surface area contributed by atoms with Crippen LogP contribution in [0.5, 0.6) is 0 Å². The van der Waals surface area contributed by atoms with Crippen molar-refractivity contribution in [3.63, 3.8) is 0 Å². The monoisotopic (exact) mass is 419 g/mol. The van der Waals surface area contributed by atoms with Crippen molar-refractivity contribution in [3.05, 3.63) is 47.8 Å². The van der Waals surface area contributed by atoms with Gasteiger partial charge in [-0.3, -0.25) is 9.78 Å². The molecule has 1 amide bonds. The van der Waals surface area contributed by atoms with Gasteiger partial charge in [-0.1, -0.05) is 13.8 Å². The molecule has 0 unspecified atom stereocenters. The highest BCUT2D eigenvalue weighted by molar-refractivity contribution is 5.97. The highest BCUT2D eigenvalue weighted by atomic mass is 19.3. The van der Waals surface area contributed by atoms with E-state index in [4.69, 9.17) is 17.3 Å². The molecular formula is C20H27F2N7O. The number of halogens is 2. The van der Waals surface area contributed by atoms with E-state index in [-0.39, 0.29) is 37.7 Å². The number of carbonyl (C=O) groups is 1. The van der Waals surface area contributed by atoms with Crippen molar-refractivity contribution in [2.45, 2.75) is 32.6 Å². The lowest BCUT2D eigenvalue weighted by atomic mass is 10.0. The molecule has 1 aromatic heterocycles. The van der Waals surface area contributed by atoms with E-state index < -0.39 is 5.92 Å². The molecule has 1 saturated heterocycles. The van der Waals surface area contributed by atoms with Gasteiger partial charge >= 0.3 is 0 Å². The Morgan fingerprint density at radius 2 is 1.87 bits per heavy atom. The number of nitrogen functional groups attached to an aromatic ring is 1. The minimum Gasteiger partial charge on any atom is -0.397 e. The number of piperidine rings is 1. The van der Waals surface area contributed by atoms with E-state index in [0.29, 0.717) is 28.3 Å². The number of rotatable bonds is 4. The van der Waals surface area contributed by atoms with E-state index in [1.54, 1.807) is 30.5 Å². The van der Waals surface area contributed by atoms with Crippen LogP contribution in [0.3, 0.4) is 0 Å². The number of carbonyl (C=O) groups excluding carboxylic acids is 1. The largest absolute Gasteiger partial charge is 0.397 e. The molecule has 0 bridgehead atoms. The molecule has 0 radical (unpaired) electrons. The molecule has 7 N–H and O–H groups in total. The highest BCUT2D eigenvalue weighted by Crippen LogP contribution is 2.29. The summed E-state index contributed by atoms with van der Waals surface area (Å²) in [7, 11) is 0. The number of benzene rings is 1. The summed E-state index contributed by atoms with van der Waals surface area (Å²) in [4.78, 5) is 18.1. The van der Waals surface area contributed by atoms with Crippen LogP contribution in [0.2, 0.25) is 0 Å². The number of pyridine rings is 1. The standard InChI is InChI=1S/C18H21F2N7O.C2H6/c19-18(20)5-7-27(8-6-18)17(28)11-1-3-14(13(21)9-11)25-12-2-4-15(24-10-12)16(22)26-23;1-2/h1-4,9-10,25H,5-8,21,23H2,(H2,22,26);1-2H3. The van der Waals surface area contributed by atoms with Gasteiger partial charge in [0.25, 0.3) is 11.8 Å². The number of hydrazone groups is 1. The smallest absolute Gasteiger partial charge is 0.253 e. The lowest BCUT2D eigenvalue weighted by molar-refractivity contribution is -0.0494. The molecule has 0 atom stereocenters. The van der Waals surface area contributed by atoms with Crippen LogP contribution >= 0.6 is 0 Å². The van der Waals surface area contributed by atoms with E-state index in [2.05, 4.69) is 15.4 Å². The van der Waals surface area contributed by atoms with Gasteiger partial charge in [0.2, 0.25) is 0 Å². The van der Waals surface area contributed by atoms with E-state index in [1.165, 1.54) is 11.0 Å². The van der Waals surface area contributed by atoms with Crippen LogP contribution in [0.25, 0.3) is 0 Å². The highest BCUT2D eigenvalue weighted by Gasteiger charge is 2.35. The number of likely N-dealkylation sites (tertiary alicyclic amines) is 1. The van der Waals surface area contributed by atoms with Crippen molar-refractivity contribution in [1.82, 2.24) is 9.88 Å². The molecule has 2 heterocycles. The number of nitrogens with zero attached hydrogens (tertiary/aromatic N) is 3. The van der Waals surface area contributed by atoms with Crippen LogP contribution < -0.4 is 22.6 Å². The number of hydrogen-bond acceptors (Lipinski definition) is 6. The Balaban J connectivity index is 0.00000155. The molecule has 0 aliphatic carbocycles. The number of nitrogens with one attached hydrogen (secondary N) is 1. The number of hydrogen-bond donors (Lipinski definition) is 4. The average molecular weight is 419 g/mol. The molecule has 8 nitrogen and oxygen atoms in total. The quantitative estimate of drug-likeness (QED) is 0.198. The number of aromatic nitrogens is 1. The Morgan fingerprint density at radius 3 is 2.40 bits per heavy atom. The minimum absolute atomic E-state index is 0.0268. The molecule has 10 heteroatoms. The van der Waals surface area contributed by atoms with Gasteiger partial charge in [0.05, 0.1) is 23.3 Å². The Hall–Kier alpha value is -3.43. The molecule has 1 aromatic carbocycles. The van der Waals surface area contributed by atoms with E-state index in [1.807, 2.05) is 13.8 Å². The number of amidine groups is 1. The van der Waals surface area contributed by atoms with Gasteiger partial charge < -0.3 is 27.5 Å². The maximum absolute atomic E-state index is 13.3. The number of anilines is 3. The van der Waals surface area contributed by atoms with Gasteiger partial charge in [0, 0.05) is 31.5 Å². The Labute approximate surface area is 174 Å². The van der Waals surface area contributed by atoms with Crippen LogP contribution in [0.1, 0.15) is 42.7 Å². The number of alkyl halides is 2. The first-order valence-electron chi connectivity index (χ1n) is 9.62. The lowest BCUT2D eigenvalue weighted by Crippen LogP contribution is -2.42. The molecule has 3 rings (SSSR count). The molecule has 162 valence electrons. The molecule has 2 aromatic rings. The maximum atomic E-state index is 13.3. The fourth-order valence-corrected chi connectivity index (χ4v) is 2.87. The zero-order chi connectivity index (χ0) is 22.3. The van der Waals surface area contributed by atoms with Crippen molar-refractivity contribution in [2.24, 2.45) is 16.7 Å². The summed E-state index contributed by atoms with van der Waals surface area (Å²) in [5, 5.41) is 6.46. The zero-order valence-electron chi connectivity index (χ0n) is 17.0. The fourth-order valence-electron chi connectivity index (χ4n) is 2.87. The molecule has 30 heavy (non-hydrogen) atoms. The summed E-state index contributed by atoms with van der Waals surface area (Å²) < 4.78 is 26.5. The number of amides is 1. The first-order chi connectivity index (χ1) is 14.3. The first-order valence-corrected chi connectivity index (χ1v) is 9.62. The van der Waals surface area contributed by atoms with Crippen LogP contribution in [0.15, 0.2) is 41.6 Å². The third-order valence-corrected chi connectivity index (χ3v) is 4.52. The van der Waals surface area contributed by atoms with E-state index >= 15 is 0 Å². The summed E-state index contributed by atoms with van der Waals surface area (Å²) in [6.45, 7) is 4.05. The summed E-state index contributed by atoms with van der Waals surface area (Å²) in [6, 6.07) is 8.17. The normalized spacial score (nSPS) is 15.7. The first kappa shape index (κ1) is 22.9. The van der Waals surface area contributed by atoms with Crippen molar-refractivity contribution >= 4 is 28.8 Å². The van der Waals surface area contributed by atoms with Gasteiger partial charge in [-0.15, -0.1) is 0 Å². The van der Waals surface area contributed by atoms with E-state index in [0.717, 1.165) is 0 Å². The SMILES string of the molecule is CC.N/N=C(\N)c1ccc(Nc2ccc(C(=O)N3CCC(F)(F)CC3)cc2N)cn1. The second-order valence-electron chi connectivity index (χ2n) is 6.52. The Bertz CT molecular complexity index is 891. The second-order valence-corrected chi connectivity index (χ2v) is 6.52. The summed E-state index contributed by atoms with van der Waals surface area (Å²) in [6.07, 6.45) is 0.895. The van der Waals surface area contributed by atoms with Crippen LogP contribution in [-0.4, -0.2) is 40.6 Å². The number of nitrogens with two attached hydrogens (primary N) is 3. The van der Waals surface area contributed by atoms with Gasteiger partial charge in [-0.25, -0.2) is 8.78 Å². The third kappa shape index (κ3) is 5.56. The van der Waals surface area contributed by atoms with Crippen molar-refractivity contribution < 1.29 is 13.6 Å². The van der Waals surface area contributed by atoms with Crippen molar-refractivity contribution in [3.8, 4) is 0 Å². The maximum Gasteiger partial charge on any atom is 0.253 e. The summed E-state index contributed by atoms with van der Waals surface area (Å²) >= 11 is 0. The predicted octanol–water partition coefficient (Wildman–Crippen LogP) is 2.88. The minimum atomic E-state index is -2.70. The molecule has 1 aliphatic heterocycles. The summed E-state index contributed by atoms with van der Waals surface area (Å²) in [5.74, 6) is 2.22. The molecule has 0 spiro atoms. The van der Waals surface area contributed by atoms with Crippen molar-refractivity contribution in [1.29, 1.82) is 0 Å². The topological polar surface area (TPSA) is 136 Å². The fraction of sp³-hybridized carbons (Fsp3) is 0.350. The van der Waals surface area contributed by atoms with Gasteiger partial charge in [0.1, 0.15) is 5.69 Å². The molecule has 0 saturated carbocycles. The van der Waals surface area contributed by atoms with Crippen LogP contribution in [-0.2, 0) is 0 Å². The van der Waals surface area contributed by atoms with Crippen LogP contribution in [0.4, 0.5) is 25.8 Å². The average Bonchev–Trinajstić information content (AvgIpc) is 2.76. The van der Waals surface area contributed by atoms with E-state index in [9.17, 15) is 13.6 Å². The lowest BCUT2D eigenvalue weighted by Gasteiger charge is -2.31. The second kappa shape index (κ2) is 9.86. The van der Waals surface area contributed by atoms with Gasteiger partial charge in [-0.2, -0.15) is 5.10 Å². The molecular weight excluding hydrogens is 392 g/mol. The third-order valence-electron chi connectivity index (χ3n) is 4.52. The van der Waals surface area contributed by atoms with Gasteiger partial charge in [0.15, 0.2) is 5.84 Å². The summed E-state index contributed by atoms with van der Waals surface area (Å²) in [5.41, 5.74) is 14.0. The van der Waals surface area contributed by atoms with Crippen LogP contribution in [0, 0.1) is 0 Å². The zero-order valence-corrected chi connectivity index (χ0v) is 17.0. The molecule has 1 fully saturated rings. The van der Waals surface area contributed by atoms with Gasteiger partial charge in [-0.05, 0) is 30.3 Å². The van der Waals surface area contributed by atoms with Crippen molar-refractivity contribution in [2.75, 3.05) is 24.1 Å². The Kier molecular flexibility index (Phi) is 7.51.